The van der Waals surface area contributed by atoms with Gasteiger partial charge in [0.25, 0.3) is 5.56 Å². The molecule has 1 unspecified atom stereocenters. The molecule has 0 fully saturated rings. The monoisotopic (exact) mass is 621 g/mol. The molecule has 0 radical (unpaired) electrons. The summed E-state index contributed by atoms with van der Waals surface area (Å²) >= 11 is 1.32. The van der Waals surface area contributed by atoms with E-state index in [0.29, 0.717) is 5.56 Å². The van der Waals surface area contributed by atoms with Crippen LogP contribution >= 0.6 is 18.9 Å². The van der Waals surface area contributed by atoms with Gasteiger partial charge in [-0.2, -0.15) is 21.2 Å². The van der Waals surface area contributed by atoms with Crippen molar-refractivity contribution in [3.8, 4) is 17.0 Å². The van der Waals surface area contributed by atoms with Gasteiger partial charge in [0, 0.05) is 16.6 Å². The number of nitrogens with zero attached hydrogens (tertiary/aromatic N) is 3. The van der Waals surface area contributed by atoms with E-state index < -0.39 is 40.5 Å². The maximum absolute atomic E-state index is 14.0. The molecule has 1 aliphatic rings. The zero-order valence-corrected chi connectivity index (χ0v) is 24.0. The second kappa shape index (κ2) is 10.8. The van der Waals surface area contributed by atoms with E-state index in [4.69, 9.17) is 4.52 Å². The molecule has 0 bridgehead atoms. The molecule has 0 aliphatic carbocycles. The molecule has 0 amide bonds. The molecule has 4 aromatic rings. The standard InChI is InChI=1S/C25H22F2N5O6PS2/c1-3-38-39(35)20-11-16(31-41(2,36)37)5-7-19(20)28-24(30-39)21-23(33)22(15-8-9-40-13-15)29-32(25(21)34)12-14-4-6-17(26)18(27)10-14/h4-11,13,31,33H,3,12H2,1-2H3,(H,28,30,35). The molecule has 0 spiro atoms. The Morgan fingerprint density at radius 1 is 1.17 bits per heavy atom. The van der Waals surface area contributed by atoms with Gasteiger partial charge in [-0.3, -0.25) is 14.1 Å². The third kappa shape index (κ3) is 5.79. The van der Waals surface area contributed by atoms with Gasteiger partial charge >= 0.3 is 7.52 Å². The van der Waals surface area contributed by atoms with Crippen LogP contribution in [0.25, 0.3) is 11.3 Å². The Bertz CT molecular complexity index is 1910. The second-order valence-electron chi connectivity index (χ2n) is 8.91. The van der Waals surface area contributed by atoms with E-state index in [2.05, 4.69) is 19.9 Å². The third-order valence-corrected chi connectivity index (χ3v) is 9.21. The molecule has 0 saturated carbocycles. The summed E-state index contributed by atoms with van der Waals surface area (Å²) in [5.74, 6) is -2.99. The van der Waals surface area contributed by atoms with Crippen molar-refractivity contribution < 1.29 is 31.4 Å². The Morgan fingerprint density at radius 2 is 1.95 bits per heavy atom. The molecule has 11 nitrogen and oxygen atoms in total. The molecule has 5 rings (SSSR count). The number of sulfonamides is 1. The summed E-state index contributed by atoms with van der Waals surface area (Å²) < 4.78 is 77.9. The van der Waals surface area contributed by atoms with E-state index in [-0.39, 0.29) is 52.5 Å². The summed E-state index contributed by atoms with van der Waals surface area (Å²) in [7, 11) is -7.75. The quantitative estimate of drug-likeness (QED) is 0.249. The molecule has 41 heavy (non-hydrogen) atoms. The van der Waals surface area contributed by atoms with Crippen LogP contribution < -0.4 is 20.9 Å². The van der Waals surface area contributed by atoms with Crippen LogP contribution in [0, 0.1) is 11.6 Å². The first-order valence-corrected chi connectivity index (χ1v) is 16.3. The lowest BCUT2D eigenvalue weighted by atomic mass is 10.1. The van der Waals surface area contributed by atoms with E-state index in [0.717, 1.165) is 23.1 Å². The van der Waals surface area contributed by atoms with Gasteiger partial charge < -0.3 is 14.9 Å². The number of nitrogens with one attached hydrogen (secondary N) is 2. The van der Waals surface area contributed by atoms with Crippen LogP contribution in [0.1, 0.15) is 18.1 Å². The Kier molecular flexibility index (Phi) is 7.55. The Hall–Kier alpha value is -3.91. The van der Waals surface area contributed by atoms with Gasteiger partial charge in [0.1, 0.15) is 11.3 Å². The lowest BCUT2D eigenvalue weighted by molar-refractivity contribution is 0.341. The van der Waals surface area contributed by atoms with Gasteiger partial charge in [-0.25, -0.2) is 21.9 Å². The number of anilines is 2. The predicted octanol–water partition coefficient (Wildman–Crippen LogP) is 4.10. The zero-order chi connectivity index (χ0) is 29.5. The predicted molar refractivity (Wildman–Crippen MR) is 153 cm³/mol. The molecule has 3 N–H and O–H groups in total. The van der Waals surface area contributed by atoms with Crippen LogP contribution in [0.2, 0.25) is 0 Å². The Balaban J connectivity index is 1.69. The van der Waals surface area contributed by atoms with Gasteiger partial charge in [0.05, 0.1) is 30.4 Å². The van der Waals surface area contributed by atoms with Gasteiger partial charge in [0.2, 0.25) is 10.0 Å². The third-order valence-electron chi connectivity index (χ3n) is 5.87. The molecule has 16 heteroatoms. The number of hydrogen-bond acceptors (Lipinski definition) is 9. The van der Waals surface area contributed by atoms with Crippen molar-refractivity contribution in [2.75, 3.05) is 22.9 Å². The number of halogens is 2. The lowest BCUT2D eigenvalue weighted by Crippen LogP contribution is -2.35. The highest BCUT2D eigenvalue weighted by Gasteiger charge is 2.36. The summed E-state index contributed by atoms with van der Waals surface area (Å²) in [6, 6.07) is 8.96. The number of benzene rings is 2. The first-order chi connectivity index (χ1) is 19.4. The van der Waals surface area contributed by atoms with Crippen LogP contribution in [-0.4, -0.2) is 42.0 Å². The van der Waals surface area contributed by atoms with Crippen molar-refractivity contribution in [3.63, 3.8) is 0 Å². The average molecular weight is 622 g/mol. The smallest absolute Gasteiger partial charge is 0.348 e. The molecule has 214 valence electrons. The minimum Gasteiger partial charge on any atom is -0.505 e. The lowest BCUT2D eigenvalue weighted by Gasteiger charge is -2.26. The van der Waals surface area contributed by atoms with E-state index in [9.17, 15) is 31.7 Å². The molecule has 2 aromatic heterocycles. The normalized spacial score (nSPS) is 16.5. The summed E-state index contributed by atoms with van der Waals surface area (Å²) in [4.78, 5) is 13.7. The van der Waals surface area contributed by atoms with Gasteiger partial charge in [0.15, 0.2) is 23.2 Å². The van der Waals surface area contributed by atoms with Crippen LogP contribution in [0.3, 0.4) is 0 Å². The summed E-state index contributed by atoms with van der Waals surface area (Å²) in [5, 5.41) is 21.9. The number of fused-ring (bicyclic) bond motifs is 1. The van der Waals surface area contributed by atoms with Crippen molar-refractivity contribution in [2.45, 2.75) is 13.5 Å². The van der Waals surface area contributed by atoms with Crippen molar-refractivity contribution in [1.29, 1.82) is 0 Å². The molecular weight excluding hydrogens is 599 g/mol. The van der Waals surface area contributed by atoms with Crippen molar-refractivity contribution in [3.05, 3.63) is 86.3 Å². The van der Waals surface area contributed by atoms with Crippen LogP contribution in [0.15, 0.2) is 62.8 Å². The first kappa shape index (κ1) is 28.6. The average Bonchev–Trinajstić information content (AvgIpc) is 3.42. The van der Waals surface area contributed by atoms with Crippen molar-refractivity contribution in [2.24, 2.45) is 4.76 Å². The Morgan fingerprint density at radius 3 is 2.61 bits per heavy atom. The van der Waals surface area contributed by atoms with Crippen LogP contribution in [-0.2, 0) is 25.7 Å². The minimum absolute atomic E-state index is 0.00215. The second-order valence-corrected chi connectivity index (χ2v) is 13.4. The molecular formula is C25H22F2N5O6PS2. The summed E-state index contributed by atoms with van der Waals surface area (Å²) in [5.41, 5.74) is -0.238. The molecule has 1 aliphatic heterocycles. The number of thiophene rings is 1. The van der Waals surface area contributed by atoms with E-state index in [1.54, 1.807) is 23.8 Å². The van der Waals surface area contributed by atoms with Crippen LogP contribution in [0.5, 0.6) is 5.75 Å². The first-order valence-electron chi connectivity index (χ1n) is 11.9. The highest BCUT2D eigenvalue weighted by atomic mass is 32.2. The van der Waals surface area contributed by atoms with Crippen molar-refractivity contribution >= 4 is 51.4 Å². The SMILES string of the molecule is CCOP1(=O)N=C(c2c(O)c(-c3ccsc3)nn(Cc3ccc(F)c(F)c3)c2=O)Nc2ccc(NS(C)(=O)=O)cc21. The highest BCUT2D eigenvalue weighted by Crippen LogP contribution is 2.52. The van der Waals surface area contributed by atoms with Gasteiger partial charge in [-0.15, -0.1) is 0 Å². The fraction of sp³-hybridized carbons (Fsp3) is 0.160. The Labute approximate surface area is 236 Å². The van der Waals surface area contributed by atoms with Crippen molar-refractivity contribution in [1.82, 2.24) is 9.78 Å². The van der Waals surface area contributed by atoms with E-state index >= 15 is 0 Å². The van der Waals surface area contributed by atoms with Gasteiger partial charge in [-0.1, -0.05) is 6.07 Å². The molecule has 2 aromatic carbocycles. The summed E-state index contributed by atoms with van der Waals surface area (Å²) in [6.45, 7) is 1.26. The number of aromatic hydroxyl groups is 1. The minimum atomic E-state index is -4.10. The van der Waals surface area contributed by atoms with E-state index in [1.165, 1.54) is 35.6 Å². The highest BCUT2D eigenvalue weighted by molar-refractivity contribution is 7.92. The number of hydrogen-bond donors (Lipinski definition) is 3. The fourth-order valence-corrected chi connectivity index (χ4v) is 7.16. The largest absolute Gasteiger partial charge is 0.505 e. The van der Waals surface area contributed by atoms with Crippen LogP contribution in [0.4, 0.5) is 20.2 Å². The maximum atomic E-state index is 14.0. The maximum Gasteiger partial charge on any atom is 0.348 e. The molecule has 0 saturated heterocycles. The van der Waals surface area contributed by atoms with Gasteiger partial charge in [-0.05, 0) is 54.3 Å². The van der Waals surface area contributed by atoms with E-state index in [1.807, 2.05) is 0 Å². The number of aromatic nitrogens is 2. The zero-order valence-electron chi connectivity index (χ0n) is 21.5. The molecule has 1 atom stereocenters. The molecule has 3 heterocycles. The number of rotatable bonds is 8. The number of amidine groups is 1. The fourth-order valence-electron chi connectivity index (χ4n) is 4.16. The topological polar surface area (TPSA) is 152 Å². The summed E-state index contributed by atoms with van der Waals surface area (Å²) in [6.07, 6.45) is 0.964.